The number of aliphatic hydroxyl groups excluding tert-OH is 1. The Hall–Kier alpha value is -2.44. The summed E-state index contributed by atoms with van der Waals surface area (Å²) in [5.41, 5.74) is 2.06. The highest BCUT2D eigenvalue weighted by molar-refractivity contribution is 7.12. The predicted molar refractivity (Wildman–Crippen MR) is 103 cm³/mol. The Morgan fingerprint density at radius 1 is 1.30 bits per heavy atom. The monoisotopic (exact) mass is 383 g/mol. The number of Topliss-reactive ketones (excluding diaryl/α,β-unsaturated/α-hetero) is 1. The third kappa shape index (κ3) is 3.31. The van der Waals surface area contributed by atoms with Crippen LogP contribution in [0, 0.1) is 6.92 Å². The predicted octanol–water partition coefficient (Wildman–Crippen LogP) is 3.81. The zero-order valence-corrected chi connectivity index (χ0v) is 15.9. The van der Waals surface area contributed by atoms with Crippen LogP contribution in [-0.2, 0) is 9.53 Å². The van der Waals surface area contributed by atoms with E-state index >= 15 is 0 Å². The molecule has 1 saturated heterocycles. The number of hydrogen-bond acceptors (Lipinski definition) is 5. The van der Waals surface area contributed by atoms with Crippen LogP contribution in [0.4, 0.5) is 0 Å². The third-order valence-electron chi connectivity index (χ3n) is 5.11. The number of thiophene rings is 1. The molecule has 0 radical (unpaired) electrons. The van der Waals surface area contributed by atoms with Crippen LogP contribution in [0.1, 0.15) is 39.7 Å². The van der Waals surface area contributed by atoms with Crippen molar-refractivity contribution >= 4 is 23.0 Å². The Bertz CT molecular complexity index is 879. The molecule has 1 fully saturated rings. The van der Waals surface area contributed by atoms with E-state index < -0.39 is 17.7 Å². The molecule has 6 heteroatoms. The lowest BCUT2D eigenvalue weighted by Crippen LogP contribution is -2.37. The molecule has 3 heterocycles. The van der Waals surface area contributed by atoms with Gasteiger partial charge in [0.15, 0.2) is 5.76 Å². The molecule has 2 aliphatic heterocycles. The zero-order chi connectivity index (χ0) is 19.0. The van der Waals surface area contributed by atoms with Crippen LogP contribution >= 0.6 is 11.3 Å². The van der Waals surface area contributed by atoms with Crippen molar-refractivity contribution in [2.75, 3.05) is 13.2 Å². The van der Waals surface area contributed by atoms with E-state index in [2.05, 4.69) is 0 Å². The molecule has 0 spiro atoms. The molecule has 2 aliphatic rings. The Balaban J connectivity index is 1.75. The topological polar surface area (TPSA) is 66.8 Å². The second-order valence-electron chi connectivity index (χ2n) is 6.97. The van der Waals surface area contributed by atoms with E-state index in [0.29, 0.717) is 18.0 Å². The Labute approximate surface area is 161 Å². The summed E-state index contributed by atoms with van der Waals surface area (Å²) >= 11 is 1.31. The van der Waals surface area contributed by atoms with Crippen molar-refractivity contribution in [1.82, 2.24) is 4.90 Å². The van der Waals surface area contributed by atoms with Crippen LogP contribution in [0.3, 0.4) is 0 Å². The molecule has 0 bridgehead atoms. The molecule has 2 atom stereocenters. The molecule has 0 aliphatic carbocycles. The molecule has 4 rings (SSSR count). The molecule has 1 amide bonds. The average molecular weight is 383 g/mol. The summed E-state index contributed by atoms with van der Waals surface area (Å²) in [6.07, 6.45) is 1.77. The van der Waals surface area contributed by atoms with Crippen molar-refractivity contribution in [2.45, 2.75) is 31.9 Å². The molecule has 0 saturated carbocycles. The van der Waals surface area contributed by atoms with E-state index in [0.717, 1.165) is 24.0 Å². The number of rotatable bonds is 5. The molecule has 5 nitrogen and oxygen atoms in total. The summed E-state index contributed by atoms with van der Waals surface area (Å²) in [5.74, 6) is -1.25. The van der Waals surface area contributed by atoms with Gasteiger partial charge >= 0.3 is 0 Å². The first-order valence-electron chi connectivity index (χ1n) is 9.06. The van der Waals surface area contributed by atoms with Crippen LogP contribution < -0.4 is 0 Å². The van der Waals surface area contributed by atoms with Gasteiger partial charge in [-0.05, 0) is 36.8 Å². The van der Waals surface area contributed by atoms with Gasteiger partial charge in [0.25, 0.3) is 5.91 Å². The number of amides is 1. The van der Waals surface area contributed by atoms with E-state index in [1.165, 1.54) is 11.3 Å². The van der Waals surface area contributed by atoms with Gasteiger partial charge < -0.3 is 14.7 Å². The van der Waals surface area contributed by atoms with E-state index in [1.807, 2.05) is 36.6 Å². The fraction of sp³-hybridized carbons (Fsp3) is 0.333. The first kappa shape index (κ1) is 17.9. The van der Waals surface area contributed by atoms with Crippen LogP contribution in [0.5, 0.6) is 0 Å². The maximum absolute atomic E-state index is 13.1. The minimum Gasteiger partial charge on any atom is -0.503 e. The van der Waals surface area contributed by atoms with Gasteiger partial charge in [0.2, 0.25) is 5.78 Å². The lowest BCUT2D eigenvalue weighted by atomic mass is 9.94. The highest BCUT2D eigenvalue weighted by atomic mass is 32.1. The van der Waals surface area contributed by atoms with Gasteiger partial charge in [0.1, 0.15) is 0 Å². The number of carbonyl (C=O) groups is 2. The lowest BCUT2D eigenvalue weighted by molar-refractivity contribution is -0.131. The van der Waals surface area contributed by atoms with Gasteiger partial charge in [-0.15, -0.1) is 11.3 Å². The number of nitrogens with zero attached hydrogens (tertiary/aromatic N) is 1. The summed E-state index contributed by atoms with van der Waals surface area (Å²) < 4.78 is 5.69. The molecular weight excluding hydrogens is 362 g/mol. The maximum atomic E-state index is 13.1. The van der Waals surface area contributed by atoms with Crippen LogP contribution in [0.15, 0.2) is 53.1 Å². The zero-order valence-electron chi connectivity index (χ0n) is 15.1. The minimum absolute atomic E-state index is 0.0640. The molecule has 0 unspecified atom stereocenters. The van der Waals surface area contributed by atoms with Crippen molar-refractivity contribution in [3.63, 3.8) is 0 Å². The largest absolute Gasteiger partial charge is 0.503 e. The number of ketones is 1. The SMILES string of the molecule is Cc1ccc([C@@H]2C(C(=O)c3cccs3)=C(O)C(=O)N2C[C@H]2CCCO2)cc1. The Kier molecular flexibility index (Phi) is 4.85. The minimum atomic E-state index is -0.600. The van der Waals surface area contributed by atoms with Gasteiger partial charge in [0, 0.05) is 13.2 Å². The quantitative estimate of drug-likeness (QED) is 0.797. The van der Waals surface area contributed by atoms with Crippen molar-refractivity contribution in [1.29, 1.82) is 0 Å². The molecule has 140 valence electrons. The molecule has 1 aromatic carbocycles. The number of ether oxygens (including phenoxy) is 1. The van der Waals surface area contributed by atoms with E-state index in [9.17, 15) is 14.7 Å². The summed E-state index contributed by atoms with van der Waals surface area (Å²) in [4.78, 5) is 28.0. The second-order valence-corrected chi connectivity index (χ2v) is 7.92. The number of benzene rings is 1. The fourth-order valence-electron chi connectivity index (χ4n) is 3.72. The summed E-state index contributed by atoms with van der Waals surface area (Å²) in [5, 5.41) is 12.4. The van der Waals surface area contributed by atoms with Crippen molar-refractivity contribution in [3.05, 3.63) is 69.1 Å². The molecule has 1 aromatic heterocycles. The normalized spacial score (nSPS) is 22.7. The summed E-state index contributed by atoms with van der Waals surface area (Å²) in [7, 11) is 0. The van der Waals surface area contributed by atoms with E-state index in [-0.39, 0.29) is 17.5 Å². The number of aryl methyl sites for hydroxylation is 1. The first-order valence-corrected chi connectivity index (χ1v) is 9.94. The molecule has 2 aromatic rings. The fourth-order valence-corrected chi connectivity index (χ4v) is 4.40. The number of carbonyl (C=O) groups excluding carboxylic acids is 2. The summed E-state index contributed by atoms with van der Waals surface area (Å²) in [6, 6.07) is 10.6. The smallest absolute Gasteiger partial charge is 0.290 e. The maximum Gasteiger partial charge on any atom is 0.290 e. The van der Waals surface area contributed by atoms with Crippen LogP contribution in [0.25, 0.3) is 0 Å². The second kappa shape index (κ2) is 7.29. The van der Waals surface area contributed by atoms with Gasteiger partial charge in [-0.2, -0.15) is 0 Å². The highest BCUT2D eigenvalue weighted by Gasteiger charge is 2.44. The summed E-state index contributed by atoms with van der Waals surface area (Å²) in [6.45, 7) is 3.03. The lowest BCUT2D eigenvalue weighted by Gasteiger charge is -2.29. The van der Waals surface area contributed by atoms with Crippen LogP contribution in [-0.4, -0.2) is 41.0 Å². The van der Waals surface area contributed by atoms with Crippen molar-refractivity contribution in [2.24, 2.45) is 0 Å². The van der Waals surface area contributed by atoms with E-state index in [4.69, 9.17) is 4.74 Å². The first-order chi connectivity index (χ1) is 13.1. The molecule has 1 N–H and O–H groups in total. The van der Waals surface area contributed by atoms with Gasteiger partial charge in [-0.1, -0.05) is 35.9 Å². The number of aliphatic hydroxyl groups is 1. The third-order valence-corrected chi connectivity index (χ3v) is 5.98. The highest BCUT2D eigenvalue weighted by Crippen LogP contribution is 2.40. The van der Waals surface area contributed by atoms with Crippen molar-refractivity contribution in [3.8, 4) is 0 Å². The number of hydrogen-bond donors (Lipinski definition) is 1. The molecular formula is C21H21NO4S. The van der Waals surface area contributed by atoms with Gasteiger partial charge in [-0.25, -0.2) is 0 Å². The van der Waals surface area contributed by atoms with Crippen LogP contribution in [0.2, 0.25) is 0 Å². The molecule has 27 heavy (non-hydrogen) atoms. The Morgan fingerprint density at radius 2 is 2.07 bits per heavy atom. The van der Waals surface area contributed by atoms with Crippen molar-refractivity contribution < 1.29 is 19.4 Å². The van der Waals surface area contributed by atoms with E-state index in [1.54, 1.807) is 17.0 Å². The van der Waals surface area contributed by atoms with Gasteiger partial charge in [0.05, 0.1) is 22.6 Å². The van der Waals surface area contributed by atoms with Gasteiger partial charge in [-0.3, -0.25) is 9.59 Å². The Morgan fingerprint density at radius 3 is 2.70 bits per heavy atom. The average Bonchev–Trinajstić information content (AvgIpc) is 3.41. The standard InChI is InChI=1S/C21H21NO4S/c1-13-6-8-14(9-7-13)18-17(19(23)16-5-3-11-27-16)20(24)21(25)22(18)12-15-4-2-10-26-15/h3,5-9,11,15,18,24H,2,4,10,12H2,1H3/t15-,18-/m1/s1.